The molecule has 12 heavy (non-hydrogen) atoms. The van der Waals surface area contributed by atoms with Gasteiger partial charge in [0, 0.05) is 5.39 Å². The third-order valence-electron chi connectivity index (χ3n) is 1.89. The Hall–Kier alpha value is -1.21. The molecule has 0 unspecified atom stereocenters. The minimum atomic E-state index is 0.635. The number of nitrogen functional groups attached to an aromatic ring is 1. The van der Waals surface area contributed by atoms with Crippen LogP contribution in [-0.2, 0) is 0 Å². The lowest BCUT2D eigenvalue weighted by Crippen LogP contribution is -1.85. The number of rotatable bonds is 0. The topological polar surface area (TPSA) is 26.0 Å². The van der Waals surface area contributed by atoms with Crippen LogP contribution in [0.15, 0.2) is 36.4 Å². The van der Waals surface area contributed by atoms with E-state index in [1.54, 1.807) is 0 Å². The van der Waals surface area contributed by atoms with Gasteiger partial charge in [-0.05, 0) is 11.5 Å². The van der Waals surface area contributed by atoms with Crippen LogP contribution in [0.4, 0.5) is 5.69 Å². The second-order valence-corrected chi connectivity index (χ2v) is 3.07. The van der Waals surface area contributed by atoms with Crippen LogP contribution in [0.25, 0.3) is 10.8 Å². The molecular formula is C10H8ClN. The number of nitrogens with two attached hydrogens (primary N) is 1. The van der Waals surface area contributed by atoms with Crippen LogP contribution in [-0.4, -0.2) is 0 Å². The van der Waals surface area contributed by atoms with Crippen molar-refractivity contribution >= 4 is 28.1 Å². The van der Waals surface area contributed by atoms with Crippen LogP contribution in [0.3, 0.4) is 0 Å². The largest absolute Gasteiger partial charge is 0.398 e. The molecule has 0 aliphatic carbocycles. The number of hydrogen-bond acceptors (Lipinski definition) is 1. The van der Waals surface area contributed by atoms with E-state index >= 15 is 0 Å². The van der Waals surface area contributed by atoms with Gasteiger partial charge in [0.15, 0.2) is 0 Å². The van der Waals surface area contributed by atoms with Crippen molar-refractivity contribution in [2.45, 2.75) is 0 Å². The van der Waals surface area contributed by atoms with Gasteiger partial charge in [0.25, 0.3) is 0 Å². The average Bonchev–Trinajstić information content (AvgIpc) is 2.12. The van der Waals surface area contributed by atoms with Gasteiger partial charge in [-0.3, -0.25) is 0 Å². The minimum Gasteiger partial charge on any atom is -0.398 e. The van der Waals surface area contributed by atoms with Gasteiger partial charge in [-0.15, -0.1) is 0 Å². The van der Waals surface area contributed by atoms with Crippen LogP contribution in [0.1, 0.15) is 0 Å². The van der Waals surface area contributed by atoms with Crippen molar-refractivity contribution in [1.82, 2.24) is 0 Å². The molecule has 0 aromatic heterocycles. The highest BCUT2D eigenvalue weighted by Crippen LogP contribution is 2.28. The molecule has 0 saturated carbocycles. The maximum absolute atomic E-state index is 6.00. The van der Waals surface area contributed by atoms with Crippen LogP contribution in [0.5, 0.6) is 0 Å². The highest BCUT2D eigenvalue weighted by molar-refractivity contribution is 6.38. The number of fused-ring (bicyclic) bond motifs is 1. The Balaban J connectivity index is 2.91. The van der Waals surface area contributed by atoms with Crippen LogP contribution in [0, 0.1) is 0 Å². The van der Waals surface area contributed by atoms with E-state index in [1.165, 1.54) is 0 Å². The van der Waals surface area contributed by atoms with Crippen molar-refractivity contribution in [1.29, 1.82) is 0 Å². The number of halogens is 1. The first-order valence-corrected chi connectivity index (χ1v) is 4.09. The quantitative estimate of drug-likeness (QED) is 0.615. The first-order valence-electron chi connectivity index (χ1n) is 3.72. The molecule has 0 aliphatic heterocycles. The van der Waals surface area contributed by atoms with Gasteiger partial charge in [0.2, 0.25) is 0 Å². The molecule has 0 saturated heterocycles. The average molecular weight is 178 g/mol. The minimum absolute atomic E-state index is 0.635. The standard InChI is InChI=1S/C10H8ClN/c11-10-8-4-2-1-3-7(8)5-6-9(10)12/h1-6H,12H2. The lowest BCUT2D eigenvalue weighted by atomic mass is 10.1. The molecule has 0 atom stereocenters. The van der Waals surface area contributed by atoms with E-state index in [4.69, 9.17) is 17.3 Å². The van der Waals surface area contributed by atoms with Crippen molar-refractivity contribution in [3.63, 3.8) is 0 Å². The normalized spacial score (nSPS) is 10.4. The third-order valence-corrected chi connectivity index (χ3v) is 2.31. The third kappa shape index (κ3) is 1.03. The van der Waals surface area contributed by atoms with E-state index in [9.17, 15) is 0 Å². The SMILES string of the molecule is Nc1ccc2ccccc2c1Cl. The molecule has 2 heteroatoms. The van der Waals surface area contributed by atoms with E-state index in [1.807, 2.05) is 36.4 Å². The van der Waals surface area contributed by atoms with Gasteiger partial charge in [0.1, 0.15) is 0 Å². The van der Waals surface area contributed by atoms with E-state index in [2.05, 4.69) is 0 Å². The fraction of sp³-hybridized carbons (Fsp3) is 0. The van der Waals surface area contributed by atoms with E-state index in [0.717, 1.165) is 10.8 Å². The highest BCUT2D eigenvalue weighted by Gasteiger charge is 2.00. The Kier molecular flexibility index (Phi) is 1.66. The molecule has 0 spiro atoms. The fourth-order valence-electron chi connectivity index (χ4n) is 1.25. The first-order chi connectivity index (χ1) is 5.79. The molecular weight excluding hydrogens is 170 g/mol. The summed E-state index contributed by atoms with van der Waals surface area (Å²) in [5, 5.41) is 2.78. The van der Waals surface area contributed by atoms with Crippen LogP contribution < -0.4 is 5.73 Å². The monoisotopic (exact) mass is 177 g/mol. The molecule has 0 fully saturated rings. The van der Waals surface area contributed by atoms with Crippen LogP contribution in [0.2, 0.25) is 5.02 Å². The highest BCUT2D eigenvalue weighted by atomic mass is 35.5. The fourth-order valence-corrected chi connectivity index (χ4v) is 1.49. The van der Waals surface area contributed by atoms with Crippen molar-refractivity contribution in [2.75, 3.05) is 5.73 Å². The Morgan fingerprint density at radius 2 is 1.75 bits per heavy atom. The van der Waals surface area contributed by atoms with Crippen molar-refractivity contribution in [3.05, 3.63) is 41.4 Å². The van der Waals surface area contributed by atoms with Crippen molar-refractivity contribution < 1.29 is 0 Å². The summed E-state index contributed by atoms with van der Waals surface area (Å²) in [6.07, 6.45) is 0. The summed E-state index contributed by atoms with van der Waals surface area (Å²) >= 11 is 6.00. The smallest absolute Gasteiger partial charge is 0.0713 e. The van der Waals surface area contributed by atoms with E-state index in [-0.39, 0.29) is 0 Å². The summed E-state index contributed by atoms with van der Waals surface area (Å²) in [6, 6.07) is 11.7. The van der Waals surface area contributed by atoms with Gasteiger partial charge in [-0.2, -0.15) is 0 Å². The zero-order chi connectivity index (χ0) is 8.55. The summed E-state index contributed by atoms with van der Waals surface area (Å²) in [6.45, 7) is 0. The van der Waals surface area contributed by atoms with Crippen molar-refractivity contribution in [3.8, 4) is 0 Å². The molecule has 0 bridgehead atoms. The number of benzene rings is 2. The number of anilines is 1. The lowest BCUT2D eigenvalue weighted by Gasteiger charge is -2.02. The van der Waals surface area contributed by atoms with Crippen LogP contribution >= 0.6 is 11.6 Å². The summed E-state index contributed by atoms with van der Waals surface area (Å²) in [4.78, 5) is 0. The molecule has 2 aromatic carbocycles. The molecule has 0 amide bonds. The molecule has 2 N–H and O–H groups in total. The molecule has 0 aliphatic rings. The second kappa shape index (κ2) is 2.68. The van der Waals surface area contributed by atoms with Gasteiger partial charge < -0.3 is 5.73 Å². The first kappa shape index (κ1) is 7.44. The molecule has 1 nitrogen and oxygen atoms in total. The maximum Gasteiger partial charge on any atom is 0.0713 e. The molecule has 0 heterocycles. The Bertz CT molecular complexity index is 423. The number of hydrogen-bond donors (Lipinski definition) is 1. The molecule has 2 rings (SSSR count). The predicted octanol–water partition coefficient (Wildman–Crippen LogP) is 3.08. The summed E-state index contributed by atoms with van der Waals surface area (Å²) in [7, 11) is 0. The maximum atomic E-state index is 6.00. The molecule has 0 radical (unpaired) electrons. The molecule has 60 valence electrons. The second-order valence-electron chi connectivity index (χ2n) is 2.69. The van der Waals surface area contributed by atoms with Gasteiger partial charge in [-0.25, -0.2) is 0 Å². The van der Waals surface area contributed by atoms with E-state index < -0.39 is 0 Å². The summed E-state index contributed by atoms with van der Waals surface area (Å²) in [5.74, 6) is 0. The Morgan fingerprint density at radius 1 is 1.00 bits per heavy atom. The zero-order valence-corrected chi connectivity index (χ0v) is 7.18. The van der Waals surface area contributed by atoms with Gasteiger partial charge >= 0.3 is 0 Å². The lowest BCUT2D eigenvalue weighted by molar-refractivity contribution is 1.72. The Morgan fingerprint density at radius 3 is 2.58 bits per heavy atom. The van der Waals surface area contributed by atoms with Gasteiger partial charge in [-0.1, -0.05) is 41.9 Å². The molecule has 2 aromatic rings. The van der Waals surface area contributed by atoms with Gasteiger partial charge in [0.05, 0.1) is 10.7 Å². The Labute approximate surface area is 75.8 Å². The zero-order valence-electron chi connectivity index (χ0n) is 6.42. The predicted molar refractivity (Wildman–Crippen MR) is 53.4 cm³/mol. The van der Waals surface area contributed by atoms with Crippen molar-refractivity contribution in [2.24, 2.45) is 0 Å². The summed E-state index contributed by atoms with van der Waals surface area (Å²) in [5.41, 5.74) is 6.29. The van der Waals surface area contributed by atoms with E-state index in [0.29, 0.717) is 10.7 Å². The summed E-state index contributed by atoms with van der Waals surface area (Å²) < 4.78 is 0.